The lowest BCUT2D eigenvalue weighted by Crippen LogP contribution is -2.03. The van der Waals surface area contributed by atoms with Crippen molar-refractivity contribution in [2.45, 2.75) is 105 Å². The van der Waals surface area contributed by atoms with E-state index in [-0.39, 0.29) is 0 Å². The van der Waals surface area contributed by atoms with Crippen molar-refractivity contribution in [3.8, 4) is 0 Å². The van der Waals surface area contributed by atoms with E-state index in [1.165, 1.54) is 77.0 Å². The second-order valence-electron chi connectivity index (χ2n) is 6.55. The minimum absolute atomic E-state index is 0.869. The molecule has 0 saturated carbocycles. The molecule has 0 aliphatic rings. The van der Waals surface area contributed by atoms with Crippen LogP contribution in [0, 0.1) is 11.8 Å². The summed E-state index contributed by atoms with van der Waals surface area (Å²) in [7, 11) is 0. The lowest BCUT2D eigenvalue weighted by Gasteiger charge is -2.14. The molecule has 0 fully saturated rings. The highest BCUT2D eigenvalue weighted by Gasteiger charge is 2.05. The molecule has 0 bridgehead atoms. The smallest absolute Gasteiger partial charge is 0.0420 e. The summed E-state index contributed by atoms with van der Waals surface area (Å²) in [6.07, 6.45) is 17.5. The molecule has 0 nitrogen and oxygen atoms in total. The van der Waals surface area contributed by atoms with Gasteiger partial charge in [0, 0.05) is 0 Å². The maximum Gasteiger partial charge on any atom is -0.0420 e. The van der Waals surface area contributed by atoms with Crippen molar-refractivity contribution in [1.29, 1.82) is 0 Å². The van der Waals surface area contributed by atoms with Crippen LogP contribution >= 0.6 is 0 Å². The Hall–Kier alpha value is 0. The highest BCUT2D eigenvalue weighted by molar-refractivity contribution is 4.57. The molecular formula is C18H38. The Labute approximate surface area is 117 Å². The monoisotopic (exact) mass is 254 g/mol. The molecular weight excluding hydrogens is 216 g/mol. The molecule has 1 atom stereocenters. The second-order valence-corrected chi connectivity index (χ2v) is 6.55. The molecule has 0 aromatic carbocycles. The number of unbranched alkanes of at least 4 members (excludes halogenated alkanes) is 10. The zero-order valence-electron chi connectivity index (χ0n) is 13.6. The Morgan fingerprint density at radius 3 is 1.33 bits per heavy atom. The fourth-order valence-corrected chi connectivity index (χ4v) is 2.46. The average molecular weight is 255 g/mol. The van der Waals surface area contributed by atoms with E-state index in [9.17, 15) is 0 Å². The SMILES string of the molecule is CCCCCCCCCCCCCC(C)C(C)C. The van der Waals surface area contributed by atoms with Crippen molar-refractivity contribution in [2.24, 2.45) is 11.8 Å². The lowest BCUT2D eigenvalue weighted by molar-refractivity contribution is 0.374. The Bertz CT molecular complexity index is 148. The minimum atomic E-state index is 0.869. The number of hydrogen-bond acceptors (Lipinski definition) is 0. The third-order valence-corrected chi connectivity index (χ3v) is 4.40. The van der Waals surface area contributed by atoms with E-state index >= 15 is 0 Å². The quantitative estimate of drug-likeness (QED) is 0.311. The summed E-state index contributed by atoms with van der Waals surface area (Å²) in [6, 6.07) is 0. The van der Waals surface area contributed by atoms with Gasteiger partial charge in [-0.2, -0.15) is 0 Å². The summed E-state index contributed by atoms with van der Waals surface area (Å²) < 4.78 is 0. The number of rotatable bonds is 13. The van der Waals surface area contributed by atoms with Crippen LogP contribution in [-0.4, -0.2) is 0 Å². The Kier molecular flexibility index (Phi) is 13.4. The maximum absolute atomic E-state index is 2.40. The van der Waals surface area contributed by atoms with Crippen LogP contribution in [0.5, 0.6) is 0 Å². The van der Waals surface area contributed by atoms with Crippen LogP contribution < -0.4 is 0 Å². The molecule has 0 rings (SSSR count). The van der Waals surface area contributed by atoms with Crippen LogP contribution in [0.15, 0.2) is 0 Å². The molecule has 0 saturated heterocycles. The van der Waals surface area contributed by atoms with Gasteiger partial charge in [0.05, 0.1) is 0 Å². The van der Waals surface area contributed by atoms with E-state index < -0.39 is 0 Å². The minimum Gasteiger partial charge on any atom is -0.0654 e. The van der Waals surface area contributed by atoms with E-state index in [4.69, 9.17) is 0 Å². The third kappa shape index (κ3) is 12.5. The van der Waals surface area contributed by atoms with Crippen LogP contribution in [0.1, 0.15) is 105 Å². The fourth-order valence-electron chi connectivity index (χ4n) is 2.46. The van der Waals surface area contributed by atoms with Gasteiger partial charge in [-0.3, -0.25) is 0 Å². The molecule has 0 heterocycles. The molecule has 110 valence electrons. The molecule has 0 heteroatoms. The van der Waals surface area contributed by atoms with Crippen molar-refractivity contribution >= 4 is 0 Å². The van der Waals surface area contributed by atoms with Gasteiger partial charge in [0.25, 0.3) is 0 Å². The van der Waals surface area contributed by atoms with E-state index in [0.29, 0.717) is 0 Å². The van der Waals surface area contributed by atoms with Gasteiger partial charge in [0.15, 0.2) is 0 Å². The van der Waals surface area contributed by atoms with Crippen LogP contribution in [0.3, 0.4) is 0 Å². The predicted molar refractivity (Wildman–Crippen MR) is 85.1 cm³/mol. The van der Waals surface area contributed by atoms with E-state index in [0.717, 1.165) is 11.8 Å². The molecule has 1 unspecified atom stereocenters. The van der Waals surface area contributed by atoms with Crippen molar-refractivity contribution in [3.63, 3.8) is 0 Å². The summed E-state index contributed by atoms with van der Waals surface area (Å²) in [6.45, 7) is 9.40. The normalized spacial score (nSPS) is 13.2. The van der Waals surface area contributed by atoms with Crippen molar-refractivity contribution in [2.75, 3.05) is 0 Å². The number of hydrogen-bond donors (Lipinski definition) is 0. The zero-order chi connectivity index (χ0) is 13.6. The zero-order valence-corrected chi connectivity index (χ0v) is 13.6. The molecule has 0 radical (unpaired) electrons. The van der Waals surface area contributed by atoms with Gasteiger partial charge in [-0.05, 0) is 11.8 Å². The summed E-state index contributed by atoms with van der Waals surface area (Å²) >= 11 is 0. The van der Waals surface area contributed by atoms with E-state index in [2.05, 4.69) is 27.7 Å². The molecule has 0 spiro atoms. The molecule has 0 amide bonds. The first-order valence-electron chi connectivity index (χ1n) is 8.68. The third-order valence-electron chi connectivity index (χ3n) is 4.40. The Morgan fingerprint density at radius 1 is 0.556 bits per heavy atom. The van der Waals surface area contributed by atoms with Gasteiger partial charge in [0.1, 0.15) is 0 Å². The lowest BCUT2D eigenvalue weighted by atomic mass is 9.92. The highest BCUT2D eigenvalue weighted by atomic mass is 14.1. The van der Waals surface area contributed by atoms with Crippen molar-refractivity contribution in [1.82, 2.24) is 0 Å². The molecule has 0 aliphatic carbocycles. The Morgan fingerprint density at radius 2 is 0.944 bits per heavy atom. The molecule has 0 aromatic rings. The van der Waals surface area contributed by atoms with Gasteiger partial charge < -0.3 is 0 Å². The van der Waals surface area contributed by atoms with Gasteiger partial charge >= 0.3 is 0 Å². The molecule has 0 aromatic heterocycles. The molecule has 18 heavy (non-hydrogen) atoms. The summed E-state index contributed by atoms with van der Waals surface area (Å²) in [5, 5.41) is 0. The first-order valence-corrected chi connectivity index (χ1v) is 8.68. The van der Waals surface area contributed by atoms with Gasteiger partial charge in [-0.15, -0.1) is 0 Å². The first-order chi connectivity index (χ1) is 8.68. The van der Waals surface area contributed by atoms with Crippen LogP contribution in [0.4, 0.5) is 0 Å². The topological polar surface area (TPSA) is 0 Å². The van der Waals surface area contributed by atoms with Crippen LogP contribution in [0.2, 0.25) is 0 Å². The first kappa shape index (κ1) is 18.0. The molecule has 0 N–H and O–H groups in total. The van der Waals surface area contributed by atoms with Crippen LogP contribution in [0.25, 0.3) is 0 Å². The second kappa shape index (κ2) is 13.4. The van der Waals surface area contributed by atoms with Crippen LogP contribution in [-0.2, 0) is 0 Å². The summed E-state index contributed by atoms with van der Waals surface area (Å²) in [5.74, 6) is 1.79. The predicted octanol–water partition coefficient (Wildman–Crippen LogP) is 6.98. The van der Waals surface area contributed by atoms with Gasteiger partial charge in [0.2, 0.25) is 0 Å². The average Bonchev–Trinajstić information content (AvgIpc) is 2.35. The Balaban J connectivity index is 3.03. The largest absolute Gasteiger partial charge is 0.0654 e. The standard InChI is InChI=1S/C18H38/c1-5-6-7-8-9-10-11-12-13-14-15-16-18(4)17(2)3/h17-18H,5-16H2,1-4H3. The van der Waals surface area contributed by atoms with Gasteiger partial charge in [-0.25, -0.2) is 0 Å². The van der Waals surface area contributed by atoms with Gasteiger partial charge in [-0.1, -0.05) is 105 Å². The highest BCUT2D eigenvalue weighted by Crippen LogP contribution is 2.18. The van der Waals surface area contributed by atoms with E-state index in [1.807, 2.05) is 0 Å². The molecule has 0 aliphatic heterocycles. The fraction of sp³-hybridized carbons (Fsp3) is 1.00. The summed E-state index contributed by atoms with van der Waals surface area (Å²) in [4.78, 5) is 0. The van der Waals surface area contributed by atoms with Crippen molar-refractivity contribution < 1.29 is 0 Å². The van der Waals surface area contributed by atoms with Crippen molar-refractivity contribution in [3.05, 3.63) is 0 Å². The van der Waals surface area contributed by atoms with E-state index in [1.54, 1.807) is 0 Å². The maximum atomic E-state index is 2.40. The summed E-state index contributed by atoms with van der Waals surface area (Å²) in [5.41, 5.74) is 0.